The van der Waals surface area contributed by atoms with Crippen molar-refractivity contribution in [1.82, 2.24) is 19.8 Å². The third kappa shape index (κ3) is 4.60. The molecular formula is C18H29N5O2. The van der Waals surface area contributed by atoms with Crippen LogP contribution in [0.2, 0.25) is 0 Å². The molecule has 0 spiro atoms. The number of ether oxygens (including phenoxy) is 1. The first kappa shape index (κ1) is 17.9. The van der Waals surface area contributed by atoms with E-state index in [1.165, 1.54) is 6.42 Å². The van der Waals surface area contributed by atoms with Crippen molar-refractivity contribution in [1.29, 1.82) is 0 Å². The highest BCUT2D eigenvalue weighted by atomic mass is 16.5. The summed E-state index contributed by atoms with van der Waals surface area (Å²) in [6.07, 6.45) is 2.94. The van der Waals surface area contributed by atoms with Crippen molar-refractivity contribution in [3.63, 3.8) is 0 Å². The Morgan fingerprint density at radius 3 is 2.52 bits per heavy atom. The quantitative estimate of drug-likeness (QED) is 0.813. The Hall–Kier alpha value is -1.89. The number of likely N-dealkylation sites (tertiary alicyclic amines) is 1. The minimum atomic E-state index is 0.268. The first-order valence-corrected chi connectivity index (χ1v) is 9.17. The molecule has 0 N–H and O–H groups in total. The Morgan fingerprint density at radius 2 is 1.88 bits per heavy atom. The Labute approximate surface area is 150 Å². The van der Waals surface area contributed by atoms with Crippen LogP contribution in [-0.2, 0) is 4.79 Å². The standard InChI is InChI=1S/C18H29N5O2/c1-14-10-15(2)12-23(11-14)17(24)13-21-6-8-22(9-7-21)18-19-5-4-16(20-18)25-3/h4-5,14-15H,6-13H2,1-3H3/t14-,15-/m0/s1. The molecule has 0 unspecified atom stereocenters. The number of aromatic nitrogens is 2. The van der Waals surface area contributed by atoms with Gasteiger partial charge < -0.3 is 14.5 Å². The maximum absolute atomic E-state index is 12.6. The van der Waals surface area contributed by atoms with E-state index >= 15 is 0 Å². The lowest BCUT2D eigenvalue weighted by Gasteiger charge is -2.38. The van der Waals surface area contributed by atoms with Gasteiger partial charge in [0.1, 0.15) is 0 Å². The van der Waals surface area contributed by atoms with Crippen LogP contribution in [0.3, 0.4) is 0 Å². The predicted molar refractivity (Wildman–Crippen MR) is 96.8 cm³/mol. The van der Waals surface area contributed by atoms with Gasteiger partial charge in [0.15, 0.2) is 0 Å². The number of amides is 1. The van der Waals surface area contributed by atoms with Gasteiger partial charge in [0.05, 0.1) is 13.7 Å². The number of nitrogens with zero attached hydrogens (tertiary/aromatic N) is 5. The smallest absolute Gasteiger partial charge is 0.236 e. The van der Waals surface area contributed by atoms with Crippen molar-refractivity contribution in [2.45, 2.75) is 20.3 Å². The van der Waals surface area contributed by atoms with E-state index in [4.69, 9.17) is 4.74 Å². The van der Waals surface area contributed by atoms with Gasteiger partial charge in [0.2, 0.25) is 17.7 Å². The Kier molecular flexibility index (Phi) is 5.73. The SMILES string of the molecule is COc1ccnc(N2CCN(CC(=O)N3C[C@@H](C)C[C@H](C)C3)CC2)n1. The molecule has 2 fully saturated rings. The van der Waals surface area contributed by atoms with Crippen molar-refractivity contribution in [2.75, 3.05) is 57.8 Å². The lowest BCUT2D eigenvalue weighted by atomic mass is 9.92. The van der Waals surface area contributed by atoms with E-state index < -0.39 is 0 Å². The van der Waals surface area contributed by atoms with Gasteiger partial charge in [-0.2, -0.15) is 4.98 Å². The van der Waals surface area contributed by atoms with Crippen LogP contribution in [0.15, 0.2) is 12.3 Å². The second kappa shape index (κ2) is 7.99. The molecule has 1 aromatic heterocycles. The van der Waals surface area contributed by atoms with Crippen molar-refractivity contribution in [3.05, 3.63) is 12.3 Å². The van der Waals surface area contributed by atoms with E-state index in [0.29, 0.717) is 30.2 Å². The summed E-state index contributed by atoms with van der Waals surface area (Å²) in [6.45, 7) is 10.2. The Bertz CT molecular complexity index is 579. The summed E-state index contributed by atoms with van der Waals surface area (Å²) in [5, 5.41) is 0. The zero-order valence-electron chi connectivity index (χ0n) is 15.5. The number of hydrogen-bond donors (Lipinski definition) is 0. The number of hydrogen-bond acceptors (Lipinski definition) is 6. The molecule has 1 aromatic rings. The summed E-state index contributed by atoms with van der Waals surface area (Å²) in [7, 11) is 1.61. The van der Waals surface area contributed by atoms with Gasteiger partial charge in [-0.1, -0.05) is 13.8 Å². The van der Waals surface area contributed by atoms with Crippen LogP contribution < -0.4 is 9.64 Å². The van der Waals surface area contributed by atoms with Crippen molar-refractivity contribution in [2.24, 2.45) is 11.8 Å². The third-order valence-corrected chi connectivity index (χ3v) is 5.06. The number of piperidine rings is 1. The molecule has 3 heterocycles. The molecular weight excluding hydrogens is 318 g/mol. The molecule has 2 saturated heterocycles. The topological polar surface area (TPSA) is 61.8 Å². The third-order valence-electron chi connectivity index (χ3n) is 5.06. The molecule has 0 aliphatic carbocycles. The molecule has 2 aliphatic rings. The summed E-state index contributed by atoms with van der Waals surface area (Å²) in [5.74, 6) is 2.76. The highest BCUT2D eigenvalue weighted by Crippen LogP contribution is 2.21. The van der Waals surface area contributed by atoms with E-state index in [2.05, 4.69) is 38.5 Å². The van der Waals surface area contributed by atoms with Gasteiger partial charge in [0, 0.05) is 51.5 Å². The number of anilines is 1. The maximum Gasteiger partial charge on any atom is 0.236 e. The maximum atomic E-state index is 12.6. The molecule has 2 atom stereocenters. The summed E-state index contributed by atoms with van der Waals surface area (Å²) >= 11 is 0. The van der Waals surface area contributed by atoms with Gasteiger partial charge in [-0.05, 0) is 18.3 Å². The zero-order valence-corrected chi connectivity index (χ0v) is 15.5. The monoisotopic (exact) mass is 347 g/mol. The van der Waals surface area contributed by atoms with Crippen LogP contribution in [0.4, 0.5) is 5.95 Å². The van der Waals surface area contributed by atoms with Gasteiger partial charge in [-0.3, -0.25) is 9.69 Å². The predicted octanol–water partition coefficient (Wildman–Crippen LogP) is 1.11. The normalized spacial score (nSPS) is 25.1. The minimum absolute atomic E-state index is 0.268. The molecule has 7 heteroatoms. The molecule has 0 bridgehead atoms. The fourth-order valence-corrected chi connectivity index (χ4v) is 3.86. The van der Waals surface area contributed by atoms with E-state index in [1.54, 1.807) is 19.4 Å². The molecule has 0 saturated carbocycles. The molecule has 2 aliphatic heterocycles. The lowest BCUT2D eigenvalue weighted by molar-refractivity contribution is -0.135. The first-order valence-electron chi connectivity index (χ1n) is 9.17. The number of piperazine rings is 1. The van der Waals surface area contributed by atoms with Gasteiger partial charge >= 0.3 is 0 Å². The van der Waals surface area contributed by atoms with E-state index in [9.17, 15) is 4.79 Å². The molecule has 25 heavy (non-hydrogen) atoms. The first-order chi connectivity index (χ1) is 12.0. The van der Waals surface area contributed by atoms with Crippen LogP contribution in [0.25, 0.3) is 0 Å². The van der Waals surface area contributed by atoms with Gasteiger partial charge in [0.25, 0.3) is 0 Å². The average Bonchev–Trinajstić information content (AvgIpc) is 2.61. The van der Waals surface area contributed by atoms with Gasteiger partial charge in [-0.25, -0.2) is 4.98 Å². The van der Waals surface area contributed by atoms with Gasteiger partial charge in [-0.15, -0.1) is 0 Å². The highest BCUT2D eigenvalue weighted by molar-refractivity contribution is 5.78. The number of methoxy groups -OCH3 is 1. The highest BCUT2D eigenvalue weighted by Gasteiger charge is 2.27. The van der Waals surface area contributed by atoms with Crippen molar-refractivity contribution in [3.8, 4) is 5.88 Å². The van der Waals surface area contributed by atoms with Crippen LogP contribution >= 0.6 is 0 Å². The minimum Gasteiger partial charge on any atom is -0.481 e. The fourth-order valence-electron chi connectivity index (χ4n) is 3.86. The Balaban J connectivity index is 1.49. The number of rotatable bonds is 4. The molecule has 0 radical (unpaired) electrons. The largest absolute Gasteiger partial charge is 0.481 e. The van der Waals surface area contributed by atoms with E-state index in [1.807, 2.05) is 0 Å². The molecule has 1 amide bonds. The van der Waals surface area contributed by atoms with E-state index in [-0.39, 0.29) is 5.91 Å². The second-order valence-corrected chi connectivity index (χ2v) is 7.41. The number of carbonyl (C=O) groups is 1. The summed E-state index contributed by atoms with van der Waals surface area (Å²) in [5.41, 5.74) is 0. The number of carbonyl (C=O) groups excluding carboxylic acids is 1. The molecule has 7 nitrogen and oxygen atoms in total. The van der Waals surface area contributed by atoms with Crippen LogP contribution in [0, 0.1) is 11.8 Å². The average molecular weight is 347 g/mol. The van der Waals surface area contributed by atoms with Crippen LogP contribution in [0.1, 0.15) is 20.3 Å². The Morgan fingerprint density at radius 1 is 1.20 bits per heavy atom. The summed E-state index contributed by atoms with van der Waals surface area (Å²) in [4.78, 5) is 27.8. The molecule has 0 aromatic carbocycles. The van der Waals surface area contributed by atoms with E-state index in [0.717, 1.165) is 39.3 Å². The molecule has 3 rings (SSSR count). The van der Waals surface area contributed by atoms with Crippen molar-refractivity contribution >= 4 is 11.9 Å². The summed E-state index contributed by atoms with van der Waals surface area (Å²) in [6, 6.07) is 1.75. The van der Waals surface area contributed by atoms with Crippen LogP contribution in [0.5, 0.6) is 5.88 Å². The zero-order chi connectivity index (χ0) is 17.8. The molecule has 138 valence electrons. The second-order valence-electron chi connectivity index (χ2n) is 7.41. The fraction of sp³-hybridized carbons (Fsp3) is 0.722. The summed E-state index contributed by atoms with van der Waals surface area (Å²) < 4.78 is 5.17. The lowest BCUT2D eigenvalue weighted by Crippen LogP contribution is -2.52. The van der Waals surface area contributed by atoms with Crippen LogP contribution in [-0.4, -0.2) is 78.6 Å². The van der Waals surface area contributed by atoms with Crippen molar-refractivity contribution < 1.29 is 9.53 Å².